The normalized spacial score (nSPS) is 12.5. The van der Waals surface area contributed by atoms with Crippen LogP contribution in [0.3, 0.4) is 0 Å². The van der Waals surface area contributed by atoms with E-state index in [1.54, 1.807) is 12.1 Å². The molecule has 0 saturated heterocycles. The van der Waals surface area contributed by atoms with Crippen LogP contribution in [0.25, 0.3) is 0 Å². The fourth-order valence-corrected chi connectivity index (χ4v) is 1.83. The average molecular weight is 268 g/mol. The van der Waals surface area contributed by atoms with Crippen LogP contribution >= 0.6 is 12.2 Å². The Morgan fingerprint density at radius 2 is 2.00 bits per heavy atom. The van der Waals surface area contributed by atoms with Crippen LogP contribution in [-0.2, 0) is 0 Å². The Morgan fingerprint density at radius 1 is 1.33 bits per heavy atom. The molecular formula is C14H21FN2S. The first-order valence-electron chi connectivity index (χ1n) is 6.26. The third kappa shape index (κ3) is 4.61. The number of rotatable bonds is 6. The van der Waals surface area contributed by atoms with Crippen molar-refractivity contribution in [2.24, 2.45) is 11.7 Å². The van der Waals surface area contributed by atoms with Gasteiger partial charge < -0.3 is 11.1 Å². The second-order valence-corrected chi connectivity index (χ2v) is 5.52. The summed E-state index contributed by atoms with van der Waals surface area (Å²) in [6, 6.07) is 5.05. The van der Waals surface area contributed by atoms with Crippen LogP contribution in [0.2, 0.25) is 0 Å². The van der Waals surface area contributed by atoms with E-state index in [9.17, 15) is 4.39 Å². The molecule has 3 N–H and O–H groups in total. The topological polar surface area (TPSA) is 38.0 Å². The summed E-state index contributed by atoms with van der Waals surface area (Å²) >= 11 is 4.81. The number of halogens is 1. The molecule has 1 atom stereocenters. The highest BCUT2D eigenvalue weighted by Gasteiger charge is 2.08. The van der Waals surface area contributed by atoms with Gasteiger partial charge in [0.25, 0.3) is 0 Å². The second kappa shape index (κ2) is 6.69. The molecule has 0 heterocycles. The van der Waals surface area contributed by atoms with E-state index in [4.69, 9.17) is 18.0 Å². The van der Waals surface area contributed by atoms with Crippen molar-refractivity contribution in [2.45, 2.75) is 39.7 Å². The molecule has 0 saturated carbocycles. The summed E-state index contributed by atoms with van der Waals surface area (Å²) < 4.78 is 13.8. The molecule has 0 aliphatic rings. The zero-order valence-electron chi connectivity index (χ0n) is 11.2. The quantitative estimate of drug-likeness (QED) is 0.773. The minimum atomic E-state index is -0.309. The number of benzene rings is 1. The van der Waals surface area contributed by atoms with Crippen molar-refractivity contribution in [3.05, 3.63) is 29.6 Å². The lowest BCUT2D eigenvalue weighted by atomic mass is 10.0. The first-order chi connectivity index (χ1) is 8.40. The maximum atomic E-state index is 13.8. The van der Waals surface area contributed by atoms with Crippen LogP contribution in [0.15, 0.2) is 18.2 Å². The van der Waals surface area contributed by atoms with Crippen molar-refractivity contribution in [2.75, 3.05) is 5.32 Å². The molecule has 0 aliphatic heterocycles. The number of anilines is 1. The zero-order chi connectivity index (χ0) is 13.7. The molecule has 18 heavy (non-hydrogen) atoms. The van der Waals surface area contributed by atoms with Gasteiger partial charge in [-0.3, -0.25) is 0 Å². The summed E-state index contributed by atoms with van der Waals surface area (Å²) in [4.78, 5) is 0.216. The summed E-state index contributed by atoms with van der Waals surface area (Å²) in [5.41, 5.74) is 6.52. The highest BCUT2D eigenvalue weighted by molar-refractivity contribution is 7.80. The molecule has 1 aromatic rings. The second-order valence-electron chi connectivity index (χ2n) is 5.08. The van der Waals surface area contributed by atoms with Crippen LogP contribution < -0.4 is 11.1 Å². The fraction of sp³-hybridized carbons (Fsp3) is 0.500. The zero-order valence-corrected chi connectivity index (χ0v) is 12.0. The van der Waals surface area contributed by atoms with E-state index in [2.05, 4.69) is 26.1 Å². The Labute approximate surface area is 114 Å². The number of hydrogen-bond donors (Lipinski definition) is 2. The first kappa shape index (κ1) is 14.9. The number of hydrogen-bond acceptors (Lipinski definition) is 2. The molecule has 0 aromatic heterocycles. The molecule has 0 aliphatic carbocycles. The highest BCUT2D eigenvalue weighted by atomic mass is 32.1. The maximum Gasteiger partial charge on any atom is 0.146 e. The van der Waals surface area contributed by atoms with Gasteiger partial charge in [0, 0.05) is 11.6 Å². The number of nitrogens with one attached hydrogen (secondary N) is 1. The van der Waals surface area contributed by atoms with Crippen molar-refractivity contribution >= 4 is 22.9 Å². The van der Waals surface area contributed by atoms with E-state index < -0.39 is 0 Å². The van der Waals surface area contributed by atoms with Gasteiger partial charge in [0.2, 0.25) is 0 Å². The minimum absolute atomic E-state index is 0.216. The smallest absolute Gasteiger partial charge is 0.146 e. The Bertz CT molecular complexity index is 418. The summed E-state index contributed by atoms with van der Waals surface area (Å²) in [7, 11) is 0. The molecule has 1 rings (SSSR count). The lowest BCUT2D eigenvalue weighted by molar-refractivity contribution is 0.525. The summed E-state index contributed by atoms with van der Waals surface area (Å²) in [5, 5.41) is 3.17. The molecule has 0 amide bonds. The van der Waals surface area contributed by atoms with Crippen LogP contribution in [0, 0.1) is 11.7 Å². The SMILES string of the molecule is CC(C)CCC(C)Nc1ccc(C(N)=S)cc1F. The van der Waals surface area contributed by atoms with Crippen molar-refractivity contribution in [3.8, 4) is 0 Å². The molecule has 4 heteroatoms. The van der Waals surface area contributed by atoms with E-state index in [0.717, 1.165) is 12.8 Å². The van der Waals surface area contributed by atoms with Gasteiger partial charge in [0.15, 0.2) is 0 Å². The standard InChI is InChI=1S/C14H21FN2S/c1-9(2)4-5-10(3)17-13-7-6-11(14(16)18)8-12(13)15/h6-10,17H,4-5H2,1-3H3,(H2,16,18). The van der Waals surface area contributed by atoms with Crippen LogP contribution in [-0.4, -0.2) is 11.0 Å². The van der Waals surface area contributed by atoms with Gasteiger partial charge in [-0.1, -0.05) is 26.1 Å². The van der Waals surface area contributed by atoms with Gasteiger partial charge in [0.1, 0.15) is 10.8 Å². The lowest BCUT2D eigenvalue weighted by Gasteiger charge is -2.17. The van der Waals surface area contributed by atoms with E-state index in [0.29, 0.717) is 17.2 Å². The predicted molar refractivity (Wildman–Crippen MR) is 79.4 cm³/mol. The summed E-state index contributed by atoms with van der Waals surface area (Å²) in [5.74, 6) is 0.354. The van der Waals surface area contributed by atoms with Crippen molar-refractivity contribution in [1.82, 2.24) is 0 Å². The van der Waals surface area contributed by atoms with Crippen LogP contribution in [0.1, 0.15) is 39.2 Å². The molecule has 0 bridgehead atoms. The van der Waals surface area contributed by atoms with Crippen molar-refractivity contribution < 1.29 is 4.39 Å². The van der Waals surface area contributed by atoms with E-state index in [1.807, 2.05) is 0 Å². The van der Waals surface area contributed by atoms with Gasteiger partial charge >= 0.3 is 0 Å². The molecule has 2 nitrogen and oxygen atoms in total. The highest BCUT2D eigenvalue weighted by Crippen LogP contribution is 2.18. The fourth-order valence-electron chi connectivity index (χ4n) is 1.71. The maximum absolute atomic E-state index is 13.8. The third-order valence-electron chi connectivity index (χ3n) is 2.83. The van der Waals surface area contributed by atoms with Gasteiger partial charge in [-0.2, -0.15) is 0 Å². The lowest BCUT2D eigenvalue weighted by Crippen LogP contribution is -2.17. The van der Waals surface area contributed by atoms with Gasteiger partial charge in [0.05, 0.1) is 5.69 Å². The van der Waals surface area contributed by atoms with Crippen molar-refractivity contribution in [3.63, 3.8) is 0 Å². The van der Waals surface area contributed by atoms with Gasteiger partial charge in [-0.15, -0.1) is 0 Å². The Morgan fingerprint density at radius 3 is 2.50 bits per heavy atom. The van der Waals surface area contributed by atoms with E-state index in [1.165, 1.54) is 6.07 Å². The van der Waals surface area contributed by atoms with Crippen LogP contribution in [0.5, 0.6) is 0 Å². The Kier molecular flexibility index (Phi) is 5.54. The Hall–Kier alpha value is -1.16. The molecule has 1 unspecified atom stereocenters. The molecule has 0 radical (unpaired) electrons. The predicted octanol–water partition coefficient (Wildman–Crippen LogP) is 3.70. The van der Waals surface area contributed by atoms with Gasteiger partial charge in [-0.05, 0) is 43.9 Å². The third-order valence-corrected chi connectivity index (χ3v) is 3.07. The number of thiocarbonyl (C=S) groups is 1. The van der Waals surface area contributed by atoms with Crippen molar-refractivity contribution in [1.29, 1.82) is 0 Å². The summed E-state index contributed by atoms with van der Waals surface area (Å²) in [6.45, 7) is 6.43. The monoisotopic (exact) mass is 268 g/mol. The number of nitrogens with two attached hydrogens (primary N) is 1. The van der Waals surface area contributed by atoms with E-state index >= 15 is 0 Å². The van der Waals surface area contributed by atoms with Crippen LogP contribution in [0.4, 0.5) is 10.1 Å². The molecular weight excluding hydrogens is 247 g/mol. The van der Waals surface area contributed by atoms with Gasteiger partial charge in [-0.25, -0.2) is 4.39 Å². The molecule has 100 valence electrons. The first-order valence-corrected chi connectivity index (χ1v) is 6.67. The molecule has 0 fully saturated rings. The summed E-state index contributed by atoms with van der Waals surface area (Å²) in [6.07, 6.45) is 2.15. The molecule has 0 spiro atoms. The minimum Gasteiger partial charge on any atom is -0.389 e. The average Bonchev–Trinajstić information content (AvgIpc) is 2.29. The van der Waals surface area contributed by atoms with E-state index in [-0.39, 0.29) is 16.8 Å². The molecule has 1 aromatic carbocycles. The largest absolute Gasteiger partial charge is 0.389 e. The Balaban J connectivity index is 2.64.